The lowest BCUT2D eigenvalue weighted by atomic mass is 9.50. The number of thiazole rings is 1. The summed E-state index contributed by atoms with van der Waals surface area (Å²) in [6.07, 6.45) is 21.3. The Kier molecular flexibility index (Phi) is 12.6. The molecule has 0 atom stereocenters. The summed E-state index contributed by atoms with van der Waals surface area (Å²) in [5, 5.41) is 11.0. The number of hydrogen-bond acceptors (Lipinski definition) is 6. The maximum absolute atomic E-state index is 13.0. The van der Waals surface area contributed by atoms with Crippen LogP contribution in [0.25, 0.3) is 0 Å². The van der Waals surface area contributed by atoms with Gasteiger partial charge in [-0.1, -0.05) is 107 Å². The number of carboxylic acids is 1. The summed E-state index contributed by atoms with van der Waals surface area (Å²) in [7, 11) is -1.20. The quantitative estimate of drug-likeness (QED) is 0.243. The van der Waals surface area contributed by atoms with Crippen LogP contribution in [-0.2, 0) is 10.0 Å². The average molecular weight is 613 g/mol. The van der Waals surface area contributed by atoms with Crippen molar-refractivity contribution in [3.8, 4) is 17.6 Å². The number of sulfonamides is 1. The van der Waals surface area contributed by atoms with Crippen LogP contribution in [-0.4, -0.2) is 38.9 Å². The van der Waals surface area contributed by atoms with Gasteiger partial charge in [-0.3, -0.25) is 4.72 Å². The molecule has 2 N–H and O–H groups in total. The highest BCUT2D eigenvalue weighted by Crippen LogP contribution is 2.34. The number of carbonyl (C=O) groups is 1. The molecule has 0 bridgehead atoms. The summed E-state index contributed by atoms with van der Waals surface area (Å²) in [6, 6.07) is 3.96. The van der Waals surface area contributed by atoms with Gasteiger partial charge in [-0.25, -0.2) is 9.78 Å². The van der Waals surface area contributed by atoms with E-state index in [4.69, 9.17) is 4.74 Å². The predicted molar refractivity (Wildman–Crippen MR) is 172 cm³/mol. The first-order valence-corrected chi connectivity index (χ1v) is 18.1. The van der Waals surface area contributed by atoms with Gasteiger partial charge in [0.2, 0.25) is 0 Å². The molecule has 42 heavy (non-hydrogen) atoms. The highest BCUT2D eigenvalue weighted by molar-refractivity contribution is 7.92. The zero-order valence-electron chi connectivity index (χ0n) is 24.9. The Morgan fingerprint density at radius 1 is 0.952 bits per heavy atom. The molecule has 228 valence electrons. The molecule has 0 aliphatic heterocycles. The first-order chi connectivity index (χ1) is 20.3. The van der Waals surface area contributed by atoms with Crippen LogP contribution in [0.4, 0.5) is 5.69 Å². The Morgan fingerprint density at radius 3 is 2.12 bits per heavy atom. The van der Waals surface area contributed by atoms with Gasteiger partial charge in [-0.2, -0.15) is 8.42 Å². The zero-order chi connectivity index (χ0) is 29.8. The van der Waals surface area contributed by atoms with E-state index in [1.165, 1.54) is 139 Å². The van der Waals surface area contributed by atoms with E-state index in [1.54, 1.807) is 0 Å². The molecule has 10 heteroatoms. The SMILES string of the molecule is COc1cc(C(=O)O)ccc1NS(=O)(=O)c1csc(C#CC2CCCCC(BC3CCCCCCCC3)CCCC2)n1. The molecule has 2 aliphatic carbocycles. The Morgan fingerprint density at radius 2 is 1.52 bits per heavy atom. The van der Waals surface area contributed by atoms with Crippen LogP contribution in [0.15, 0.2) is 28.6 Å². The summed E-state index contributed by atoms with van der Waals surface area (Å²) < 4.78 is 33.6. The minimum Gasteiger partial charge on any atom is -0.495 e. The number of ether oxygens (including phenoxy) is 1. The van der Waals surface area contributed by atoms with Crippen molar-refractivity contribution in [1.29, 1.82) is 0 Å². The molecule has 2 fully saturated rings. The number of methoxy groups -OCH3 is 1. The van der Waals surface area contributed by atoms with E-state index in [0.29, 0.717) is 10.9 Å². The van der Waals surface area contributed by atoms with E-state index < -0.39 is 16.0 Å². The maximum Gasteiger partial charge on any atom is 0.335 e. The summed E-state index contributed by atoms with van der Waals surface area (Å²) in [5.74, 6) is 7.69. The second-order valence-electron chi connectivity index (χ2n) is 12.0. The van der Waals surface area contributed by atoms with Crippen LogP contribution < -0.4 is 9.46 Å². The van der Waals surface area contributed by atoms with Crippen molar-refractivity contribution in [3.63, 3.8) is 0 Å². The van der Waals surface area contributed by atoms with Gasteiger partial charge in [0.1, 0.15) is 13.0 Å². The lowest BCUT2D eigenvalue weighted by Crippen LogP contribution is -2.14. The van der Waals surface area contributed by atoms with E-state index in [1.807, 2.05) is 0 Å². The van der Waals surface area contributed by atoms with Crippen molar-refractivity contribution in [2.75, 3.05) is 11.8 Å². The van der Waals surface area contributed by atoms with Gasteiger partial charge in [0.05, 0.1) is 18.4 Å². The van der Waals surface area contributed by atoms with Gasteiger partial charge in [-0.05, 0) is 37.0 Å². The second kappa shape index (κ2) is 16.4. The van der Waals surface area contributed by atoms with Gasteiger partial charge in [-0.15, -0.1) is 11.3 Å². The number of rotatable bonds is 7. The highest BCUT2D eigenvalue weighted by Gasteiger charge is 2.22. The lowest BCUT2D eigenvalue weighted by molar-refractivity contribution is 0.0696. The van der Waals surface area contributed by atoms with Crippen LogP contribution in [0.3, 0.4) is 0 Å². The Hall–Kier alpha value is -2.51. The van der Waals surface area contributed by atoms with Gasteiger partial charge >= 0.3 is 5.97 Å². The molecule has 2 saturated carbocycles. The minimum absolute atomic E-state index is 0.00174. The number of hydrogen-bond donors (Lipinski definition) is 2. The van der Waals surface area contributed by atoms with Crippen molar-refractivity contribution < 1.29 is 23.1 Å². The van der Waals surface area contributed by atoms with E-state index >= 15 is 0 Å². The molecule has 0 spiro atoms. The topological polar surface area (TPSA) is 106 Å². The van der Waals surface area contributed by atoms with Crippen LogP contribution in [0.5, 0.6) is 5.75 Å². The fraction of sp³-hybridized carbons (Fsp3) is 0.625. The molecule has 0 amide bonds. The first kappa shape index (κ1) is 32.4. The summed E-state index contributed by atoms with van der Waals surface area (Å²) >= 11 is 1.22. The number of nitrogens with zero attached hydrogens (tertiary/aromatic N) is 1. The van der Waals surface area contributed by atoms with E-state index in [0.717, 1.165) is 24.5 Å². The monoisotopic (exact) mass is 612 g/mol. The molecular formula is C32H45BN2O5S2. The Bertz CT molecular complexity index is 1310. The van der Waals surface area contributed by atoms with Crippen molar-refractivity contribution in [2.45, 2.75) is 119 Å². The molecule has 0 unspecified atom stereocenters. The second-order valence-corrected chi connectivity index (χ2v) is 14.5. The Balaban J connectivity index is 1.30. The number of benzene rings is 1. The zero-order valence-corrected chi connectivity index (χ0v) is 26.5. The molecule has 1 aromatic carbocycles. The number of aromatic nitrogens is 1. The fourth-order valence-corrected chi connectivity index (χ4v) is 8.47. The van der Waals surface area contributed by atoms with Crippen LogP contribution in [0, 0.1) is 17.8 Å². The number of aromatic carboxylic acids is 1. The lowest BCUT2D eigenvalue weighted by Gasteiger charge is -2.24. The third-order valence-electron chi connectivity index (χ3n) is 8.81. The Labute approximate surface area is 256 Å². The summed E-state index contributed by atoms with van der Waals surface area (Å²) in [4.78, 5) is 15.5. The van der Waals surface area contributed by atoms with Crippen LogP contribution in [0.2, 0.25) is 11.6 Å². The van der Waals surface area contributed by atoms with E-state index in [9.17, 15) is 18.3 Å². The first-order valence-electron chi connectivity index (χ1n) is 15.8. The largest absolute Gasteiger partial charge is 0.495 e. The van der Waals surface area contributed by atoms with Gasteiger partial charge in [0, 0.05) is 11.3 Å². The van der Waals surface area contributed by atoms with Crippen molar-refractivity contribution in [3.05, 3.63) is 34.2 Å². The van der Waals surface area contributed by atoms with Gasteiger partial charge < -0.3 is 9.84 Å². The third kappa shape index (κ3) is 10.0. The molecule has 1 aromatic heterocycles. The molecule has 0 saturated heterocycles. The van der Waals surface area contributed by atoms with Crippen molar-refractivity contribution >= 4 is 40.3 Å². The third-order valence-corrected chi connectivity index (χ3v) is 11.0. The molecular weight excluding hydrogens is 567 g/mol. The molecule has 4 rings (SSSR count). The van der Waals surface area contributed by atoms with Gasteiger partial charge in [0.15, 0.2) is 10.0 Å². The van der Waals surface area contributed by atoms with E-state index in [2.05, 4.69) is 21.5 Å². The van der Waals surface area contributed by atoms with Crippen molar-refractivity contribution in [2.24, 2.45) is 5.92 Å². The van der Waals surface area contributed by atoms with Crippen LogP contribution in [0.1, 0.15) is 118 Å². The predicted octanol–water partition coefficient (Wildman–Crippen LogP) is 7.90. The number of nitrogens with one attached hydrogen (secondary N) is 1. The molecule has 0 radical (unpaired) electrons. The highest BCUT2D eigenvalue weighted by atomic mass is 32.2. The summed E-state index contributed by atoms with van der Waals surface area (Å²) in [6.45, 7) is 0. The maximum atomic E-state index is 13.0. The molecule has 7 nitrogen and oxygen atoms in total. The molecule has 1 heterocycles. The average Bonchev–Trinajstić information content (AvgIpc) is 3.50. The molecule has 2 aliphatic rings. The summed E-state index contributed by atoms with van der Waals surface area (Å²) in [5.41, 5.74) is 0.147. The smallest absolute Gasteiger partial charge is 0.335 e. The standard InChI is InChI=1S/C32H45BN2O5S2/c1-40-29-22-25(32(36)37)19-20-28(29)35-42(38,39)31-23-41-30(34-31)21-18-24-12-8-10-16-27(17-11-9-13-24)33-26-14-6-4-2-3-5-7-15-26/h19-20,22-24,26-27,33,35H,2-17H2,1H3,(H,36,37). The molecule has 2 aromatic rings. The minimum atomic E-state index is -3.99. The van der Waals surface area contributed by atoms with Crippen molar-refractivity contribution in [1.82, 2.24) is 4.98 Å². The number of anilines is 1. The van der Waals surface area contributed by atoms with Crippen LogP contribution >= 0.6 is 11.3 Å². The van der Waals surface area contributed by atoms with E-state index in [-0.39, 0.29) is 22.0 Å². The number of carboxylic acid groups (broad SMARTS) is 1. The van der Waals surface area contributed by atoms with Gasteiger partial charge in [0.25, 0.3) is 10.0 Å². The normalized spacial score (nSPS) is 21.5. The fourth-order valence-electron chi connectivity index (χ4n) is 6.45.